The largest absolute Gasteiger partial charge is 0.386 e. The molecule has 7 nitrogen and oxygen atoms in total. The maximum absolute atomic E-state index is 10.2. The summed E-state index contributed by atoms with van der Waals surface area (Å²) in [7, 11) is 0. The first-order chi connectivity index (χ1) is 12.5. The maximum Gasteiger partial charge on any atom is 0.226 e. The Labute approximate surface area is 162 Å². The summed E-state index contributed by atoms with van der Waals surface area (Å²) in [6.07, 6.45) is 0.895. The van der Waals surface area contributed by atoms with Gasteiger partial charge in [0.2, 0.25) is 5.89 Å². The lowest BCUT2D eigenvalue weighted by Crippen LogP contribution is -2.38. The SMILES string of the molecule is CCNC(=NCC(O)c1ccc(Cl)s1)NCCCc1nc(C(C)C)no1. The van der Waals surface area contributed by atoms with Crippen LogP contribution in [0.5, 0.6) is 0 Å². The normalized spacial score (nSPS) is 13.2. The number of hydrogen-bond donors (Lipinski definition) is 3. The molecule has 9 heteroatoms. The molecule has 1 atom stereocenters. The number of thiophene rings is 1. The van der Waals surface area contributed by atoms with Crippen molar-refractivity contribution in [1.82, 2.24) is 20.8 Å². The molecule has 2 aromatic rings. The molecule has 0 saturated heterocycles. The van der Waals surface area contributed by atoms with E-state index in [2.05, 4.69) is 25.8 Å². The fourth-order valence-electron chi connectivity index (χ4n) is 2.17. The van der Waals surface area contributed by atoms with Crippen LogP contribution in [0.25, 0.3) is 0 Å². The fraction of sp³-hybridized carbons (Fsp3) is 0.588. The van der Waals surface area contributed by atoms with Crippen LogP contribution in [0.3, 0.4) is 0 Å². The number of aliphatic imine (C=N–C) groups is 1. The summed E-state index contributed by atoms with van der Waals surface area (Å²) in [6.45, 7) is 7.80. The maximum atomic E-state index is 10.2. The van der Waals surface area contributed by atoms with Gasteiger partial charge in [-0.1, -0.05) is 30.6 Å². The summed E-state index contributed by atoms with van der Waals surface area (Å²) in [6, 6.07) is 3.60. The standard InChI is InChI=1S/C17H26ClN5O2S/c1-4-19-17(21-10-12(24)13-7-8-14(18)26-13)20-9-5-6-15-22-16(11(2)3)23-25-15/h7-8,11-12,24H,4-6,9-10H2,1-3H3,(H2,19,20,21). The zero-order valence-electron chi connectivity index (χ0n) is 15.3. The van der Waals surface area contributed by atoms with Gasteiger partial charge >= 0.3 is 0 Å². The fourth-order valence-corrected chi connectivity index (χ4v) is 3.21. The Morgan fingerprint density at radius 2 is 2.19 bits per heavy atom. The van der Waals surface area contributed by atoms with E-state index in [1.165, 1.54) is 11.3 Å². The number of rotatable bonds is 9. The third-order valence-electron chi connectivity index (χ3n) is 3.55. The van der Waals surface area contributed by atoms with E-state index in [0.717, 1.165) is 23.7 Å². The van der Waals surface area contributed by atoms with Crippen molar-refractivity contribution >= 4 is 28.9 Å². The zero-order valence-corrected chi connectivity index (χ0v) is 16.9. The second-order valence-electron chi connectivity index (χ2n) is 6.11. The average molecular weight is 400 g/mol. The van der Waals surface area contributed by atoms with E-state index < -0.39 is 6.10 Å². The van der Waals surface area contributed by atoms with E-state index in [1.54, 1.807) is 6.07 Å². The highest BCUT2D eigenvalue weighted by atomic mass is 35.5. The van der Waals surface area contributed by atoms with Crippen molar-refractivity contribution in [3.8, 4) is 0 Å². The van der Waals surface area contributed by atoms with Gasteiger partial charge in [0.25, 0.3) is 0 Å². The van der Waals surface area contributed by atoms with Crippen LogP contribution in [0.2, 0.25) is 4.34 Å². The lowest BCUT2D eigenvalue weighted by atomic mass is 10.2. The predicted octanol–water partition coefficient (Wildman–Crippen LogP) is 3.13. The van der Waals surface area contributed by atoms with E-state index in [-0.39, 0.29) is 12.5 Å². The van der Waals surface area contributed by atoms with Crippen LogP contribution in [-0.2, 0) is 6.42 Å². The van der Waals surface area contributed by atoms with Gasteiger partial charge < -0.3 is 20.3 Å². The van der Waals surface area contributed by atoms with Crippen LogP contribution in [0.4, 0.5) is 0 Å². The highest BCUT2D eigenvalue weighted by Crippen LogP contribution is 2.26. The van der Waals surface area contributed by atoms with Gasteiger partial charge in [0, 0.05) is 30.3 Å². The number of aliphatic hydroxyl groups excluding tert-OH is 1. The lowest BCUT2D eigenvalue weighted by molar-refractivity contribution is 0.191. The second-order valence-corrected chi connectivity index (χ2v) is 7.86. The molecule has 0 aliphatic rings. The van der Waals surface area contributed by atoms with Crippen LogP contribution in [0, 0.1) is 0 Å². The van der Waals surface area contributed by atoms with E-state index in [4.69, 9.17) is 16.1 Å². The first-order valence-corrected chi connectivity index (χ1v) is 9.97. The monoisotopic (exact) mass is 399 g/mol. The van der Waals surface area contributed by atoms with Gasteiger partial charge in [0.05, 0.1) is 10.9 Å². The van der Waals surface area contributed by atoms with Crippen molar-refractivity contribution in [3.05, 3.63) is 33.1 Å². The molecular weight excluding hydrogens is 374 g/mol. The number of aliphatic hydroxyl groups is 1. The molecule has 2 heterocycles. The number of nitrogens with one attached hydrogen (secondary N) is 2. The van der Waals surface area contributed by atoms with Crippen molar-refractivity contribution in [2.75, 3.05) is 19.6 Å². The van der Waals surface area contributed by atoms with Gasteiger partial charge in [-0.25, -0.2) is 0 Å². The third kappa shape index (κ3) is 6.59. The Bertz CT molecular complexity index is 701. The third-order valence-corrected chi connectivity index (χ3v) is 4.88. The summed E-state index contributed by atoms with van der Waals surface area (Å²) in [5.74, 6) is 2.33. The van der Waals surface area contributed by atoms with Gasteiger partial charge in [0.15, 0.2) is 11.8 Å². The summed E-state index contributed by atoms with van der Waals surface area (Å²) in [5.41, 5.74) is 0. The number of nitrogens with zero attached hydrogens (tertiary/aromatic N) is 3. The van der Waals surface area contributed by atoms with Crippen LogP contribution in [0.1, 0.15) is 55.8 Å². The molecule has 1 unspecified atom stereocenters. The number of aromatic nitrogens is 2. The topological polar surface area (TPSA) is 95.6 Å². The molecule has 3 N–H and O–H groups in total. The summed E-state index contributed by atoms with van der Waals surface area (Å²) >= 11 is 7.27. The summed E-state index contributed by atoms with van der Waals surface area (Å²) in [4.78, 5) is 9.60. The van der Waals surface area contributed by atoms with Crippen molar-refractivity contribution in [2.24, 2.45) is 4.99 Å². The van der Waals surface area contributed by atoms with Crippen LogP contribution >= 0.6 is 22.9 Å². The number of guanidine groups is 1. The first-order valence-electron chi connectivity index (χ1n) is 8.77. The van der Waals surface area contributed by atoms with Gasteiger partial charge in [0.1, 0.15) is 6.10 Å². The zero-order chi connectivity index (χ0) is 18.9. The van der Waals surface area contributed by atoms with E-state index >= 15 is 0 Å². The molecule has 0 aromatic carbocycles. The lowest BCUT2D eigenvalue weighted by Gasteiger charge is -2.12. The smallest absolute Gasteiger partial charge is 0.226 e. The molecule has 0 amide bonds. The molecular formula is C17H26ClN5O2S. The first kappa shape index (κ1) is 20.7. The van der Waals surface area contributed by atoms with Crippen LogP contribution in [0.15, 0.2) is 21.6 Å². The Balaban J connectivity index is 1.77. The van der Waals surface area contributed by atoms with Gasteiger partial charge in [-0.3, -0.25) is 4.99 Å². The Morgan fingerprint density at radius 3 is 2.81 bits per heavy atom. The Hall–Kier alpha value is -1.64. The molecule has 0 fully saturated rings. The van der Waals surface area contributed by atoms with Crippen LogP contribution < -0.4 is 10.6 Å². The Morgan fingerprint density at radius 1 is 1.38 bits per heavy atom. The van der Waals surface area contributed by atoms with Gasteiger partial charge in [-0.05, 0) is 25.5 Å². The van der Waals surface area contributed by atoms with Crippen molar-refractivity contribution in [1.29, 1.82) is 0 Å². The molecule has 0 aliphatic heterocycles. The van der Waals surface area contributed by atoms with E-state index in [0.29, 0.717) is 29.2 Å². The van der Waals surface area contributed by atoms with Crippen molar-refractivity contribution < 1.29 is 9.63 Å². The molecule has 26 heavy (non-hydrogen) atoms. The van der Waals surface area contributed by atoms with E-state index in [1.807, 2.05) is 26.8 Å². The molecule has 0 spiro atoms. The average Bonchev–Trinajstić information content (AvgIpc) is 3.25. The van der Waals surface area contributed by atoms with E-state index in [9.17, 15) is 5.11 Å². The van der Waals surface area contributed by atoms with Crippen molar-refractivity contribution in [2.45, 2.75) is 45.6 Å². The highest BCUT2D eigenvalue weighted by molar-refractivity contribution is 7.16. The summed E-state index contributed by atoms with van der Waals surface area (Å²) < 4.78 is 5.89. The van der Waals surface area contributed by atoms with Gasteiger partial charge in [-0.15, -0.1) is 11.3 Å². The van der Waals surface area contributed by atoms with Crippen molar-refractivity contribution in [3.63, 3.8) is 0 Å². The molecule has 0 radical (unpaired) electrons. The second kappa shape index (κ2) is 10.5. The highest BCUT2D eigenvalue weighted by Gasteiger charge is 2.11. The molecule has 0 saturated carbocycles. The predicted molar refractivity (Wildman–Crippen MR) is 105 cm³/mol. The number of aryl methyl sites for hydroxylation is 1. The Kier molecular flexibility index (Phi) is 8.34. The quantitative estimate of drug-likeness (QED) is 0.340. The molecule has 144 valence electrons. The molecule has 0 aliphatic carbocycles. The van der Waals surface area contributed by atoms with Gasteiger partial charge in [-0.2, -0.15) is 4.98 Å². The summed E-state index contributed by atoms with van der Waals surface area (Å²) in [5, 5.41) is 20.6. The molecule has 2 rings (SSSR count). The minimum atomic E-state index is -0.657. The van der Waals surface area contributed by atoms with Crippen LogP contribution in [-0.4, -0.2) is 40.8 Å². The molecule has 2 aromatic heterocycles. The minimum absolute atomic E-state index is 0.266. The number of hydrogen-bond acceptors (Lipinski definition) is 6. The minimum Gasteiger partial charge on any atom is -0.386 e. The number of halogens is 1. The molecule has 0 bridgehead atoms.